The fraction of sp³-hybridized carbons (Fsp3) is 0.115. The molecule has 2 amide bonds. The normalized spacial score (nSPS) is 11.6. The molecule has 0 aliphatic rings. The number of rotatable bonds is 7. The summed E-state index contributed by atoms with van der Waals surface area (Å²) in [6.45, 7) is 1.80. The monoisotopic (exact) mass is 504 g/mol. The van der Waals surface area contributed by atoms with Gasteiger partial charge in [-0.15, -0.1) is 0 Å². The minimum atomic E-state index is -0.521. The molecule has 33 heavy (non-hydrogen) atoms. The molecule has 6 nitrogen and oxygen atoms in total. The molecular formula is C26H25BrN4O2. The van der Waals surface area contributed by atoms with Crippen LogP contribution in [-0.4, -0.2) is 31.6 Å². The largest absolute Gasteiger partial charge is 0.378 e. The number of halogens is 1. The standard InChI is InChI=1S/C26H25BrN4O2/c1-18(20-11-13-22(27)14-12-20)29-30-26(33)24(28-25(32)21-7-5-4-6-8-21)17-19-9-15-23(16-10-19)31(2)3/h4-17H,1-3H3,(H,28,32)(H,30,33). The predicted octanol–water partition coefficient (Wildman–Crippen LogP) is 4.83. The number of anilines is 1. The van der Waals surface area contributed by atoms with E-state index in [1.807, 2.05) is 73.6 Å². The van der Waals surface area contributed by atoms with Crippen LogP contribution in [-0.2, 0) is 4.79 Å². The van der Waals surface area contributed by atoms with Crippen LogP contribution in [0, 0.1) is 0 Å². The number of amides is 2. The molecule has 0 aromatic heterocycles. The summed E-state index contributed by atoms with van der Waals surface area (Å²) in [5, 5.41) is 6.92. The SMILES string of the molecule is CC(=NNC(=O)C(=Cc1ccc(N(C)C)cc1)NC(=O)c1ccccc1)c1ccc(Br)cc1. The van der Waals surface area contributed by atoms with Crippen molar-refractivity contribution in [3.05, 3.63) is 106 Å². The Morgan fingerprint density at radius 3 is 2.12 bits per heavy atom. The third kappa shape index (κ3) is 6.89. The molecule has 0 fully saturated rings. The van der Waals surface area contributed by atoms with Gasteiger partial charge in [0.2, 0.25) is 0 Å². The molecule has 0 unspecified atom stereocenters. The first kappa shape index (κ1) is 23.9. The number of benzene rings is 3. The van der Waals surface area contributed by atoms with Gasteiger partial charge >= 0.3 is 0 Å². The maximum absolute atomic E-state index is 13.0. The fourth-order valence-corrected chi connectivity index (χ4v) is 3.19. The lowest BCUT2D eigenvalue weighted by Crippen LogP contribution is -2.33. The van der Waals surface area contributed by atoms with Crippen LogP contribution in [0.15, 0.2) is 94.1 Å². The Hall–Kier alpha value is -3.71. The molecule has 0 bridgehead atoms. The topological polar surface area (TPSA) is 73.8 Å². The lowest BCUT2D eigenvalue weighted by Gasteiger charge is -2.13. The number of hydrogen-bond donors (Lipinski definition) is 2. The maximum Gasteiger partial charge on any atom is 0.287 e. The molecule has 7 heteroatoms. The van der Waals surface area contributed by atoms with E-state index in [2.05, 4.69) is 31.8 Å². The molecule has 3 aromatic carbocycles. The summed E-state index contributed by atoms with van der Waals surface area (Å²) < 4.78 is 0.956. The molecule has 3 rings (SSSR count). The summed E-state index contributed by atoms with van der Waals surface area (Å²) in [5.74, 6) is -0.900. The third-order valence-electron chi connectivity index (χ3n) is 4.84. The maximum atomic E-state index is 13.0. The van der Waals surface area contributed by atoms with E-state index in [9.17, 15) is 9.59 Å². The van der Waals surface area contributed by atoms with Crippen LogP contribution in [0.3, 0.4) is 0 Å². The molecule has 2 N–H and O–H groups in total. The zero-order valence-corrected chi connectivity index (χ0v) is 20.3. The Balaban J connectivity index is 1.84. The lowest BCUT2D eigenvalue weighted by atomic mass is 10.1. The molecule has 0 saturated carbocycles. The number of hydrogen-bond acceptors (Lipinski definition) is 4. The Morgan fingerprint density at radius 1 is 0.879 bits per heavy atom. The summed E-state index contributed by atoms with van der Waals surface area (Å²) in [5.41, 5.74) is 6.40. The summed E-state index contributed by atoms with van der Waals surface area (Å²) >= 11 is 3.40. The highest BCUT2D eigenvalue weighted by atomic mass is 79.9. The second kappa shape index (κ2) is 11.2. The van der Waals surface area contributed by atoms with Crippen molar-refractivity contribution in [3.8, 4) is 0 Å². The predicted molar refractivity (Wildman–Crippen MR) is 137 cm³/mol. The van der Waals surface area contributed by atoms with Gasteiger partial charge in [-0.3, -0.25) is 9.59 Å². The highest BCUT2D eigenvalue weighted by Crippen LogP contribution is 2.15. The van der Waals surface area contributed by atoms with Crippen LogP contribution in [0.4, 0.5) is 5.69 Å². The van der Waals surface area contributed by atoms with Gasteiger partial charge in [-0.25, -0.2) is 5.43 Å². The summed E-state index contributed by atoms with van der Waals surface area (Å²) in [7, 11) is 3.91. The van der Waals surface area contributed by atoms with Crippen LogP contribution in [0.5, 0.6) is 0 Å². The number of hydrazone groups is 1. The van der Waals surface area contributed by atoms with Crippen LogP contribution in [0.2, 0.25) is 0 Å². The Labute approximate surface area is 202 Å². The van der Waals surface area contributed by atoms with E-state index in [0.29, 0.717) is 11.3 Å². The zero-order valence-electron chi connectivity index (χ0n) is 18.7. The van der Waals surface area contributed by atoms with Gasteiger partial charge in [-0.2, -0.15) is 5.10 Å². The quantitative estimate of drug-likeness (QED) is 0.275. The van der Waals surface area contributed by atoms with Crippen molar-refractivity contribution in [2.45, 2.75) is 6.92 Å². The molecule has 0 saturated heterocycles. The average molecular weight is 505 g/mol. The zero-order chi connectivity index (χ0) is 23.8. The van der Waals surface area contributed by atoms with Crippen molar-refractivity contribution >= 4 is 45.2 Å². The van der Waals surface area contributed by atoms with Gasteiger partial charge < -0.3 is 10.2 Å². The van der Waals surface area contributed by atoms with Gasteiger partial charge in [0.1, 0.15) is 5.70 Å². The number of carbonyl (C=O) groups excluding carboxylic acids is 2. The van der Waals surface area contributed by atoms with Crippen molar-refractivity contribution in [1.29, 1.82) is 0 Å². The van der Waals surface area contributed by atoms with E-state index in [4.69, 9.17) is 0 Å². The average Bonchev–Trinajstić information content (AvgIpc) is 2.83. The molecule has 168 valence electrons. The minimum Gasteiger partial charge on any atom is -0.378 e. The van der Waals surface area contributed by atoms with Gasteiger partial charge in [-0.05, 0) is 60.5 Å². The molecule has 3 aromatic rings. The van der Waals surface area contributed by atoms with Crippen molar-refractivity contribution in [2.24, 2.45) is 5.10 Å². The van der Waals surface area contributed by atoms with E-state index in [-0.39, 0.29) is 11.6 Å². The summed E-state index contributed by atoms with van der Waals surface area (Å²) in [6, 6.07) is 24.0. The van der Waals surface area contributed by atoms with Gasteiger partial charge in [0.15, 0.2) is 0 Å². The second-order valence-electron chi connectivity index (χ2n) is 7.51. The second-order valence-corrected chi connectivity index (χ2v) is 8.42. The number of nitrogens with zero attached hydrogens (tertiary/aromatic N) is 2. The highest BCUT2D eigenvalue weighted by Gasteiger charge is 2.14. The van der Waals surface area contributed by atoms with Gasteiger partial charge in [0.05, 0.1) is 5.71 Å². The van der Waals surface area contributed by atoms with Crippen LogP contribution in [0.1, 0.15) is 28.4 Å². The molecule has 0 spiro atoms. The van der Waals surface area contributed by atoms with E-state index in [0.717, 1.165) is 21.3 Å². The van der Waals surface area contributed by atoms with Gasteiger partial charge in [0, 0.05) is 29.8 Å². The lowest BCUT2D eigenvalue weighted by molar-refractivity contribution is -0.117. The third-order valence-corrected chi connectivity index (χ3v) is 5.37. The van der Waals surface area contributed by atoms with Crippen molar-refractivity contribution < 1.29 is 9.59 Å². The van der Waals surface area contributed by atoms with Crippen molar-refractivity contribution in [1.82, 2.24) is 10.7 Å². The van der Waals surface area contributed by atoms with Crippen molar-refractivity contribution in [3.63, 3.8) is 0 Å². The van der Waals surface area contributed by atoms with Gasteiger partial charge in [-0.1, -0.05) is 58.4 Å². The molecule has 0 aliphatic heterocycles. The molecular weight excluding hydrogens is 480 g/mol. The smallest absolute Gasteiger partial charge is 0.287 e. The van der Waals surface area contributed by atoms with E-state index >= 15 is 0 Å². The number of carbonyl (C=O) groups is 2. The Bertz CT molecular complexity index is 1170. The van der Waals surface area contributed by atoms with Crippen LogP contribution >= 0.6 is 15.9 Å². The van der Waals surface area contributed by atoms with Crippen LogP contribution in [0.25, 0.3) is 6.08 Å². The molecule has 0 heterocycles. The molecule has 0 radical (unpaired) electrons. The fourth-order valence-electron chi connectivity index (χ4n) is 2.93. The highest BCUT2D eigenvalue weighted by molar-refractivity contribution is 9.10. The Morgan fingerprint density at radius 2 is 1.52 bits per heavy atom. The molecule has 0 atom stereocenters. The molecule has 0 aliphatic carbocycles. The van der Waals surface area contributed by atoms with E-state index in [1.54, 1.807) is 37.3 Å². The first-order valence-corrected chi connectivity index (χ1v) is 11.1. The first-order chi connectivity index (χ1) is 15.8. The van der Waals surface area contributed by atoms with Crippen LogP contribution < -0.4 is 15.6 Å². The van der Waals surface area contributed by atoms with E-state index in [1.165, 1.54) is 0 Å². The number of nitrogens with one attached hydrogen (secondary N) is 2. The Kier molecular flexibility index (Phi) is 8.16. The summed E-state index contributed by atoms with van der Waals surface area (Å²) in [4.78, 5) is 27.7. The van der Waals surface area contributed by atoms with E-state index < -0.39 is 5.91 Å². The first-order valence-electron chi connectivity index (χ1n) is 10.3. The van der Waals surface area contributed by atoms with Crippen molar-refractivity contribution in [2.75, 3.05) is 19.0 Å². The van der Waals surface area contributed by atoms with Gasteiger partial charge in [0.25, 0.3) is 11.8 Å². The minimum absolute atomic E-state index is 0.0915. The summed E-state index contributed by atoms with van der Waals surface area (Å²) in [6.07, 6.45) is 1.63.